The SMILES string of the molecule is Cc1cc(O)c(C(C)C)cc1N=Nc1c(Br)cc([N+](=O)[O-])c(C)c1[N+](=O)[O-]. The third-order valence-electron chi connectivity index (χ3n) is 4.06. The highest BCUT2D eigenvalue weighted by Gasteiger charge is 2.29. The third-order valence-corrected chi connectivity index (χ3v) is 4.66. The van der Waals surface area contributed by atoms with Gasteiger partial charge in [0.25, 0.3) is 5.69 Å². The van der Waals surface area contributed by atoms with E-state index < -0.39 is 15.5 Å². The zero-order valence-corrected chi connectivity index (χ0v) is 16.6. The van der Waals surface area contributed by atoms with Gasteiger partial charge >= 0.3 is 5.69 Å². The van der Waals surface area contributed by atoms with Crippen LogP contribution in [-0.4, -0.2) is 15.0 Å². The van der Waals surface area contributed by atoms with Crippen molar-refractivity contribution in [3.05, 3.63) is 59.6 Å². The number of nitro benzene ring substituents is 2. The number of phenols is 1. The third kappa shape index (κ3) is 4.11. The van der Waals surface area contributed by atoms with Crippen LogP contribution in [0.15, 0.2) is 32.9 Å². The summed E-state index contributed by atoms with van der Waals surface area (Å²) in [5, 5.41) is 40.7. The maximum Gasteiger partial charge on any atom is 0.307 e. The number of nitro groups is 2. The summed E-state index contributed by atoms with van der Waals surface area (Å²) >= 11 is 3.11. The van der Waals surface area contributed by atoms with Crippen molar-refractivity contribution in [2.24, 2.45) is 10.2 Å². The zero-order valence-electron chi connectivity index (χ0n) is 15.1. The van der Waals surface area contributed by atoms with E-state index in [9.17, 15) is 25.3 Å². The predicted molar refractivity (Wildman–Crippen MR) is 103 cm³/mol. The maximum atomic E-state index is 11.5. The summed E-state index contributed by atoms with van der Waals surface area (Å²) in [5.74, 6) is 0.182. The Bertz CT molecular complexity index is 973. The van der Waals surface area contributed by atoms with Gasteiger partial charge in [-0.1, -0.05) is 13.8 Å². The van der Waals surface area contributed by atoms with Gasteiger partial charge in [-0.25, -0.2) is 0 Å². The molecule has 27 heavy (non-hydrogen) atoms. The zero-order chi connectivity index (χ0) is 20.5. The molecule has 10 heteroatoms. The van der Waals surface area contributed by atoms with E-state index in [1.807, 2.05) is 13.8 Å². The van der Waals surface area contributed by atoms with Gasteiger partial charge in [0.05, 0.1) is 20.0 Å². The van der Waals surface area contributed by atoms with Gasteiger partial charge in [-0.05, 0) is 59.0 Å². The first-order chi connectivity index (χ1) is 12.5. The van der Waals surface area contributed by atoms with Crippen molar-refractivity contribution in [1.29, 1.82) is 0 Å². The van der Waals surface area contributed by atoms with E-state index in [1.54, 1.807) is 19.1 Å². The standard InChI is InChI=1S/C17H17BrN4O5/c1-8(2)11-6-13(9(3)5-15(11)23)19-20-16-12(18)7-14(21(24)25)10(4)17(16)22(26)27/h5-8,23H,1-4H3. The first kappa shape index (κ1) is 20.4. The number of azo groups is 1. The minimum absolute atomic E-state index is 0.0437. The Morgan fingerprint density at radius 3 is 2.22 bits per heavy atom. The van der Waals surface area contributed by atoms with E-state index in [-0.39, 0.29) is 33.1 Å². The highest BCUT2D eigenvalue weighted by atomic mass is 79.9. The molecule has 0 fully saturated rings. The molecule has 0 saturated carbocycles. The van der Waals surface area contributed by atoms with Crippen molar-refractivity contribution < 1.29 is 15.0 Å². The largest absolute Gasteiger partial charge is 0.508 e. The molecule has 0 spiro atoms. The molecule has 2 aromatic rings. The minimum Gasteiger partial charge on any atom is -0.508 e. The quantitative estimate of drug-likeness (QED) is 0.342. The molecule has 0 unspecified atom stereocenters. The molecular formula is C17H17BrN4O5. The number of aromatic hydroxyl groups is 1. The summed E-state index contributed by atoms with van der Waals surface area (Å²) in [4.78, 5) is 21.2. The molecular weight excluding hydrogens is 420 g/mol. The van der Waals surface area contributed by atoms with Gasteiger partial charge in [0, 0.05) is 6.07 Å². The molecule has 2 aromatic carbocycles. The molecule has 1 N–H and O–H groups in total. The second kappa shape index (κ2) is 7.78. The number of hydrogen-bond acceptors (Lipinski definition) is 7. The monoisotopic (exact) mass is 436 g/mol. The first-order valence-electron chi connectivity index (χ1n) is 7.91. The van der Waals surface area contributed by atoms with Crippen molar-refractivity contribution in [2.45, 2.75) is 33.6 Å². The predicted octanol–water partition coefficient (Wildman–Crippen LogP) is 6.13. The van der Waals surface area contributed by atoms with Crippen molar-refractivity contribution in [3.63, 3.8) is 0 Å². The smallest absolute Gasteiger partial charge is 0.307 e. The Hall–Kier alpha value is -2.88. The molecule has 2 rings (SSSR count). The molecule has 0 aliphatic heterocycles. The van der Waals surface area contributed by atoms with E-state index in [0.717, 1.165) is 0 Å². The molecule has 0 amide bonds. The van der Waals surface area contributed by atoms with Crippen LogP contribution in [0.2, 0.25) is 0 Å². The number of aryl methyl sites for hydroxylation is 1. The Morgan fingerprint density at radius 2 is 1.70 bits per heavy atom. The van der Waals surface area contributed by atoms with Crippen molar-refractivity contribution in [3.8, 4) is 5.75 Å². The number of hydrogen-bond donors (Lipinski definition) is 1. The average Bonchev–Trinajstić information content (AvgIpc) is 2.55. The molecule has 0 aromatic heterocycles. The summed E-state index contributed by atoms with van der Waals surface area (Å²) in [6, 6.07) is 4.38. The average molecular weight is 437 g/mol. The van der Waals surface area contributed by atoms with E-state index in [0.29, 0.717) is 16.8 Å². The van der Waals surface area contributed by atoms with Gasteiger partial charge < -0.3 is 5.11 Å². The molecule has 0 aliphatic rings. The minimum atomic E-state index is -0.718. The summed E-state index contributed by atoms with van der Waals surface area (Å²) in [7, 11) is 0. The van der Waals surface area contributed by atoms with Crippen molar-refractivity contribution in [2.75, 3.05) is 0 Å². The molecule has 142 valence electrons. The lowest BCUT2D eigenvalue weighted by Crippen LogP contribution is -1.98. The molecule has 9 nitrogen and oxygen atoms in total. The highest BCUT2D eigenvalue weighted by molar-refractivity contribution is 9.10. The Balaban J connectivity index is 2.64. The second-order valence-electron chi connectivity index (χ2n) is 6.27. The summed E-state index contributed by atoms with van der Waals surface area (Å²) in [5.41, 5.74) is 0.666. The lowest BCUT2D eigenvalue weighted by Gasteiger charge is -2.10. The fourth-order valence-electron chi connectivity index (χ4n) is 2.59. The van der Waals surface area contributed by atoms with E-state index in [2.05, 4.69) is 26.2 Å². The van der Waals surface area contributed by atoms with Crippen LogP contribution in [-0.2, 0) is 0 Å². The van der Waals surface area contributed by atoms with Gasteiger partial charge in [-0.2, -0.15) is 0 Å². The van der Waals surface area contributed by atoms with Crippen LogP contribution in [0.25, 0.3) is 0 Å². The molecule has 0 bridgehead atoms. The van der Waals surface area contributed by atoms with E-state index in [4.69, 9.17) is 0 Å². The Kier molecular flexibility index (Phi) is 5.89. The van der Waals surface area contributed by atoms with Gasteiger partial charge in [0.2, 0.25) is 0 Å². The molecule has 0 radical (unpaired) electrons. The summed E-state index contributed by atoms with van der Waals surface area (Å²) in [6.07, 6.45) is 0. The van der Waals surface area contributed by atoms with Crippen LogP contribution in [0.1, 0.15) is 36.5 Å². The maximum absolute atomic E-state index is 11.5. The Labute approximate surface area is 163 Å². The number of benzene rings is 2. The second-order valence-corrected chi connectivity index (χ2v) is 7.12. The van der Waals surface area contributed by atoms with Crippen molar-refractivity contribution >= 4 is 38.7 Å². The van der Waals surface area contributed by atoms with E-state index >= 15 is 0 Å². The number of halogens is 1. The van der Waals surface area contributed by atoms with Gasteiger partial charge in [-0.3, -0.25) is 20.2 Å². The lowest BCUT2D eigenvalue weighted by molar-refractivity contribution is -0.394. The fourth-order valence-corrected chi connectivity index (χ4v) is 3.07. The van der Waals surface area contributed by atoms with E-state index in [1.165, 1.54) is 13.0 Å². The summed E-state index contributed by atoms with van der Waals surface area (Å²) < 4.78 is 0.0933. The molecule has 0 saturated heterocycles. The Morgan fingerprint density at radius 1 is 1.07 bits per heavy atom. The molecule has 0 aliphatic carbocycles. The number of rotatable bonds is 5. The first-order valence-corrected chi connectivity index (χ1v) is 8.71. The summed E-state index contributed by atoms with van der Waals surface area (Å²) in [6.45, 7) is 6.84. The highest BCUT2D eigenvalue weighted by Crippen LogP contribution is 2.43. The normalized spacial score (nSPS) is 11.3. The fraction of sp³-hybridized carbons (Fsp3) is 0.294. The number of phenolic OH excluding ortho intramolecular Hbond substituents is 1. The molecule has 0 heterocycles. The number of nitrogens with zero attached hydrogens (tertiary/aromatic N) is 4. The van der Waals surface area contributed by atoms with Crippen LogP contribution in [0.3, 0.4) is 0 Å². The topological polar surface area (TPSA) is 131 Å². The van der Waals surface area contributed by atoms with Crippen LogP contribution in [0, 0.1) is 34.1 Å². The molecule has 0 atom stereocenters. The lowest BCUT2D eigenvalue weighted by atomic mass is 9.99. The van der Waals surface area contributed by atoms with Gasteiger partial charge in [0.15, 0.2) is 5.69 Å². The van der Waals surface area contributed by atoms with Crippen LogP contribution in [0.4, 0.5) is 22.7 Å². The van der Waals surface area contributed by atoms with Gasteiger partial charge in [0.1, 0.15) is 11.3 Å². The van der Waals surface area contributed by atoms with Gasteiger partial charge in [-0.15, -0.1) is 10.2 Å². The van der Waals surface area contributed by atoms with Crippen molar-refractivity contribution in [1.82, 2.24) is 0 Å². The van der Waals surface area contributed by atoms with Crippen LogP contribution in [0.5, 0.6) is 5.75 Å². The van der Waals surface area contributed by atoms with Crippen LogP contribution >= 0.6 is 15.9 Å². The van der Waals surface area contributed by atoms with Crippen LogP contribution < -0.4 is 0 Å².